The molecule has 1 fully saturated rings. The molecule has 1 saturated heterocycles. The maximum atomic E-state index is 13.8. The molecule has 2 nitrogen and oxygen atoms in total. The fourth-order valence-corrected chi connectivity index (χ4v) is 2.61. The Hall–Kier alpha value is -0.520. The number of ether oxygens (including phenoxy) is 1. The number of halogens is 3. The highest BCUT2D eigenvalue weighted by Crippen LogP contribution is 2.29. The van der Waals surface area contributed by atoms with E-state index in [-0.39, 0.29) is 16.1 Å². The maximum absolute atomic E-state index is 13.8. The third kappa shape index (κ3) is 3.08. The monoisotopic (exact) mass is 319 g/mol. The van der Waals surface area contributed by atoms with Crippen molar-refractivity contribution >= 4 is 15.9 Å². The normalized spacial score (nSPS) is 21.2. The summed E-state index contributed by atoms with van der Waals surface area (Å²) in [5, 5.41) is 0. The van der Waals surface area contributed by atoms with Crippen LogP contribution in [0.1, 0.15) is 37.3 Å². The molecule has 0 spiro atoms. The van der Waals surface area contributed by atoms with Crippen molar-refractivity contribution in [2.24, 2.45) is 5.73 Å². The van der Waals surface area contributed by atoms with Crippen molar-refractivity contribution in [2.45, 2.75) is 37.8 Å². The van der Waals surface area contributed by atoms with E-state index in [4.69, 9.17) is 10.5 Å². The van der Waals surface area contributed by atoms with Gasteiger partial charge in [-0.2, -0.15) is 0 Å². The van der Waals surface area contributed by atoms with E-state index in [0.717, 1.165) is 25.9 Å². The molecule has 2 rings (SSSR count). The highest BCUT2D eigenvalue weighted by molar-refractivity contribution is 9.10. The Balaban J connectivity index is 2.03. The Bertz CT molecular complexity index is 422. The van der Waals surface area contributed by atoms with Gasteiger partial charge in [0, 0.05) is 18.2 Å². The van der Waals surface area contributed by atoms with Crippen LogP contribution in [0.5, 0.6) is 0 Å². The highest BCUT2D eigenvalue weighted by atomic mass is 79.9. The fraction of sp³-hybridized carbons (Fsp3) is 0.538. The number of benzene rings is 1. The van der Waals surface area contributed by atoms with Gasteiger partial charge in [0.05, 0.1) is 10.6 Å². The third-order valence-corrected chi connectivity index (χ3v) is 3.89. The zero-order valence-corrected chi connectivity index (χ0v) is 11.6. The Kier molecular flexibility index (Phi) is 4.70. The van der Waals surface area contributed by atoms with Crippen LogP contribution in [0.25, 0.3) is 0 Å². The van der Waals surface area contributed by atoms with Crippen molar-refractivity contribution < 1.29 is 13.5 Å². The van der Waals surface area contributed by atoms with Crippen LogP contribution in [0.2, 0.25) is 0 Å². The third-order valence-electron chi connectivity index (χ3n) is 3.27. The second-order valence-corrected chi connectivity index (χ2v) is 5.43. The van der Waals surface area contributed by atoms with Crippen LogP contribution in [0, 0.1) is 11.6 Å². The molecule has 2 N–H and O–H groups in total. The lowest BCUT2D eigenvalue weighted by molar-refractivity contribution is 0.100. The van der Waals surface area contributed by atoms with Crippen LogP contribution in [-0.2, 0) is 4.74 Å². The molecule has 5 heteroatoms. The fourth-order valence-electron chi connectivity index (χ4n) is 2.26. The summed E-state index contributed by atoms with van der Waals surface area (Å²) in [5.41, 5.74) is 5.85. The average molecular weight is 320 g/mol. The van der Waals surface area contributed by atoms with Crippen molar-refractivity contribution in [3.8, 4) is 0 Å². The van der Waals surface area contributed by atoms with Crippen LogP contribution in [0.15, 0.2) is 16.6 Å². The van der Waals surface area contributed by atoms with Crippen LogP contribution in [-0.4, -0.2) is 12.7 Å². The Morgan fingerprint density at radius 1 is 1.44 bits per heavy atom. The van der Waals surface area contributed by atoms with E-state index in [2.05, 4.69) is 15.9 Å². The number of hydrogen-bond donors (Lipinski definition) is 1. The SMILES string of the molecule is NC(CCC1CCCO1)c1c(F)ccc(Br)c1F. The molecule has 0 aromatic heterocycles. The summed E-state index contributed by atoms with van der Waals surface area (Å²) < 4.78 is 33.1. The van der Waals surface area contributed by atoms with Crippen LogP contribution < -0.4 is 5.73 Å². The lowest BCUT2D eigenvalue weighted by atomic mass is 9.99. The van der Waals surface area contributed by atoms with Gasteiger partial charge >= 0.3 is 0 Å². The van der Waals surface area contributed by atoms with E-state index in [1.807, 2.05) is 0 Å². The van der Waals surface area contributed by atoms with Crippen LogP contribution in [0.3, 0.4) is 0 Å². The summed E-state index contributed by atoms with van der Waals surface area (Å²) >= 11 is 3.04. The van der Waals surface area contributed by atoms with Crippen LogP contribution in [0.4, 0.5) is 8.78 Å². The predicted octanol–water partition coefficient (Wildman–Crippen LogP) is 3.69. The molecule has 1 aromatic carbocycles. The van der Waals surface area contributed by atoms with Gasteiger partial charge in [-0.1, -0.05) is 0 Å². The molecule has 18 heavy (non-hydrogen) atoms. The minimum Gasteiger partial charge on any atom is -0.378 e. The van der Waals surface area contributed by atoms with E-state index < -0.39 is 17.7 Å². The molecule has 1 aliphatic heterocycles. The standard InChI is InChI=1S/C13H16BrF2NO/c14-9-4-5-10(15)12(13(9)16)11(17)6-3-8-2-1-7-18-8/h4-5,8,11H,1-3,6-7,17H2. The minimum absolute atomic E-state index is 0.0395. The smallest absolute Gasteiger partial charge is 0.145 e. The van der Waals surface area contributed by atoms with Gasteiger partial charge in [-0.3, -0.25) is 0 Å². The molecule has 0 aliphatic carbocycles. The van der Waals surface area contributed by atoms with Gasteiger partial charge in [0.25, 0.3) is 0 Å². The second kappa shape index (κ2) is 6.08. The molecular weight excluding hydrogens is 304 g/mol. The molecule has 0 amide bonds. The summed E-state index contributed by atoms with van der Waals surface area (Å²) in [6.45, 7) is 0.777. The summed E-state index contributed by atoms with van der Waals surface area (Å²) in [5.74, 6) is -1.19. The first-order chi connectivity index (χ1) is 8.59. The van der Waals surface area contributed by atoms with Gasteiger partial charge in [0.15, 0.2) is 0 Å². The Morgan fingerprint density at radius 2 is 2.22 bits per heavy atom. The number of rotatable bonds is 4. The van der Waals surface area contributed by atoms with Gasteiger partial charge < -0.3 is 10.5 Å². The summed E-state index contributed by atoms with van der Waals surface area (Å²) in [4.78, 5) is 0. The zero-order valence-electron chi connectivity index (χ0n) is 9.96. The maximum Gasteiger partial charge on any atom is 0.145 e. The Labute approximate surface area is 114 Å². The van der Waals surface area contributed by atoms with E-state index in [9.17, 15) is 8.78 Å². The molecule has 1 aliphatic rings. The van der Waals surface area contributed by atoms with E-state index in [1.165, 1.54) is 12.1 Å². The van der Waals surface area contributed by atoms with E-state index in [1.54, 1.807) is 0 Å². The molecular formula is C13H16BrF2NO. The summed E-state index contributed by atoms with van der Waals surface area (Å²) in [6.07, 6.45) is 3.52. The first-order valence-electron chi connectivity index (χ1n) is 6.10. The highest BCUT2D eigenvalue weighted by Gasteiger charge is 2.22. The van der Waals surface area contributed by atoms with Crippen molar-refractivity contribution in [1.82, 2.24) is 0 Å². The number of nitrogens with two attached hydrogens (primary N) is 1. The minimum atomic E-state index is -0.633. The molecule has 0 saturated carbocycles. The van der Waals surface area contributed by atoms with E-state index in [0.29, 0.717) is 6.42 Å². The first-order valence-corrected chi connectivity index (χ1v) is 6.89. The van der Waals surface area contributed by atoms with Gasteiger partial charge in [-0.15, -0.1) is 0 Å². The first kappa shape index (κ1) is 13.9. The zero-order chi connectivity index (χ0) is 13.1. The van der Waals surface area contributed by atoms with Crippen LogP contribution >= 0.6 is 15.9 Å². The molecule has 2 unspecified atom stereocenters. The lowest BCUT2D eigenvalue weighted by Crippen LogP contribution is -2.17. The Morgan fingerprint density at radius 3 is 2.89 bits per heavy atom. The largest absolute Gasteiger partial charge is 0.378 e. The van der Waals surface area contributed by atoms with Gasteiger partial charge in [0.2, 0.25) is 0 Å². The summed E-state index contributed by atoms with van der Waals surface area (Å²) in [6, 6.07) is 1.95. The van der Waals surface area contributed by atoms with Gasteiger partial charge in [-0.25, -0.2) is 8.78 Å². The lowest BCUT2D eigenvalue weighted by Gasteiger charge is -2.16. The molecule has 100 valence electrons. The second-order valence-electron chi connectivity index (χ2n) is 4.58. The van der Waals surface area contributed by atoms with Gasteiger partial charge in [-0.05, 0) is 53.7 Å². The van der Waals surface area contributed by atoms with Crippen molar-refractivity contribution in [1.29, 1.82) is 0 Å². The molecule has 2 atom stereocenters. The predicted molar refractivity (Wildman–Crippen MR) is 69.2 cm³/mol. The van der Waals surface area contributed by atoms with E-state index >= 15 is 0 Å². The quantitative estimate of drug-likeness (QED) is 0.859. The summed E-state index contributed by atoms with van der Waals surface area (Å²) in [7, 11) is 0. The average Bonchev–Trinajstić information content (AvgIpc) is 2.85. The molecule has 0 bridgehead atoms. The van der Waals surface area contributed by atoms with Gasteiger partial charge in [0.1, 0.15) is 11.6 Å². The molecule has 1 heterocycles. The molecule has 1 aromatic rings. The van der Waals surface area contributed by atoms with Crippen molar-refractivity contribution in [2.75, 3.05) is 6.61 Å². The van der Waals surface area contributed by atoms with Crippen molar-refractivity contribution in [3.63, 3.8) is 0 Å². The molecule has 0 radical (unpaired) electrons. The topological polar surface area (TPSA) is 35.2 Å². The number of hydrogen-bond acceptors (Lipinski definition) is 2. The van der Waals surface area contributed by atoms with Crippen molar-refractivity contribution in [3.05, 3.63) is 33.8 Å².